The SMILES string of the molecule is CCOc1ccccc1NC(=O)C(C)(C)C(=O)Nc1c(C)cccc1C(C)C. The molecule has 0 fully saturated rings. The molecular formula is C23H30N2O3. The van der Waals surface area contributed by atoms with E-state index < -0.39 is 11.3 Å². The fourth-order valence-corrected chi connectivity index (χ4v) is 2.85. The Bertz CT molecular complexity index is 857. The highest BCUT2D eigenvalue weighted by atomic mass is 16.5. The highest BCUT2D eigenvalue weighted by Gasteiger charge is 2.37. The van der Waals surface area contributed by atoms with E-state index >= 15 is 0 Å². The number of rotatable bonds is 7. The second-order valence-corrected chi connectivity index (χ2v) is 7.66. The summed E-state index contributed by atoms with van der Waals surface area (Å²) in [4.78, 5) is 25.9. The number of nitrogens with one attached hydrogen (secondary N) is 2. The molecule has 150 valence electrons. The number of para-hydroxylation sites is 3. The van der Waals surface area contributed by atoms with Gasteiger partial charge in [0.05, 0.1) is 12.3 Å². The number of benzene rings is 2. The lowest BCUT2D eigenvalue weighted by Crippen LogP contribution is -2.42. The molecule has 0 aliphatic rings. The van der Waals surface area contributed by atoms with E-state index in [4.69, 9.17) is 4.74 Å². The summed E-state index contributed by atoms with van der Waals surface area (Å²) in [6.45, 7) is 11.7. The molecule has 0 aromatic heterocycles. The number of aryl methyl sites for hydroxylation is 1. The first-order chi connectivity index (χ1) is 13.2. The predicted molar refractivity (Wildman–Crippen MR) is 114 cm³/mol. The summed E-state index contributed by atoms with van der Waals surface area (Å²) in [5.74, 6) is 0.0905. The minimum atomic E-state index is -1.27. The second kappa shape index (κ2) is 8.91. The maximum atomic E-state index is 13.0. The van der Waals surface area contributed by atoms with Crippen molar-refractivity contribution in [2.75, 3.05) is 17.2 Å². The van der Waals surface area contributed by atoms with E-state index in [0.29, 0.717) is 18.0 Å². The molecule has 0 bridgehead atoms. The Kier molecular flexibility index (Phi) is 6.84. The summed E-state index contributed by atoms with van der Waals surface area (Å²) < 4.78 is 5.55. The number of hydrogen-bond acceptors (Lipinski definition) is 3. The number of carbonyl (C=O) groups is 2. The second-order valence-electron chi connectivity index (χ2n) is 7.66. The maximum absolute atomic E-state index is 13.0. The predicted octanol–water partition coefficient (Wildman–Crippen LogP) is 5.12. The van der Waals surface area contributed by atoms with Crippen molar-refractivity contribution in [3.05, 3.63) is 53.6 Å². The third kappa shape index (κ3) is 4.71. The molecule has 0 unspecified atom stereocenters. The number of hydrogen-bond donors (Lipinski definition) is 2. The molecule has 0 heterocycles. The molecule has 0 atom stereocenters. The molecule has 28 heavy (non-hydrogen) atoms. The van der Waals surface area contributed by atoms with Crippen molar-refractivity contribution in [2.24, 2.45) is 5.41 Å². The smallest absolute Gasteiger partial charge is 0.239 e. The lowest BCUT2D eigenvalue weighted by atomic mass is 9.89. The van der Waals surface area contributed by atoms with Crippen molar-refractivity contribution < 1.29 is 14.3 Å². The fourth-order valence-electron chi connectivity index (χ4n) is 2.85. The normalized spacial score (nSPS) is 11.2. The van der Waals surface area contributed by atoms with Gasteiger partial charge in [0.25, 0.3) is 0 Å². The van der Waals surface area contributed by atoms with Crippen molar-refractivity contribution in [3.63, 3.8) is 0 Å². The van der Waals surface area contributed by atoms with Gasteiger partial charge >= 0.3 is 0 Å². The molecule has 2 amide bonds. The van der Waals surface area contributed by atoms with Gasteiger partial charge in [-0.05, 0) is 56.9 Å². The molecule has 2 aromatic rings. The van der Waals surface area contributed by atoms with E-state index in [1.807, 2.05) is 44.2 Å². The zero-order valence-electron chi connectivity index (χ0n) is 17.6. The van der Waals surface area contributed by atoms with Gasteiger partial charge in [0, 0.05) is 5.69 Å². The molecule has 0 saturated carbocycles. The third-order valence-electron chi connectivity index (χ3n) is 4.74. The summed E-state index contributed by atoms with van der Waals surface area (Å²) >= 11 is 0. The van der Waals surface area contributed by atoms with Crippen LogP contribution < -0.4 is 15.4 Å². The molecule has 2 N–H and O–H groups in total. The Balaban J connectivity index is 2.23. The van der Waals surface area contributed by atoms with Crippen LogP contribution in [-0.4, -0.2) is 18.4 Å². The lowest BCUT2D eigenvalue weighted by Gasteiger charge is -2.25. The van der Waals surface area contributed by atoms with Gasteiger partial charge in [-0.2, -0.15) is 0 Å². The van der Waals surface area contributed by atoms with Crippen molar-refractivity contribution in [1.82, 2.24) is 0 Å². The van der Waals surface area contributed by atoms with Crippen LogP contribution in [0.4, 0.5) is 11.4 Å². The van der Waals surface area contributed by atoms with Crippen LogP contribution in [0.25, 0.3) is 0 Å². The first-order valence-corrected chi connectivity index (χ1v) is 9.62. The average Bonchev–Trinajstić information content (AvgIpc) is 2.64. The minimum absolute atomic E-state index is 0.255. The Morgan fingerprint density at radius 2 is 1.64 bits per heavy atom. The van der Waals surface area contributed by atoms with Gasteiger partial charge in [0.1, 0.15) is 11.2 Å². The zero-order chi connectivity index (χ0) is 20.9. The topological polar surface area (TPSA) is 67.4 Å². The van der Waals surface area contributed by atoms with Crippen LogP contribution in [0.2, 0.25) is 0 Å². The van der Waals surface area contributed by atoms with E-state index in [9.17, 15) is 9.59 Å². The van der Waals surface area contributed by atoms with Crippen molar-refractivity contribution in [1.29, 1.82) is 0 Å². The summed E-state index contributed by atoms with van der Waals surface area (Å²) in [6, 6.07) is 13.1. The Labute approximate surface area is 167 Å². The molecular weight excluding hydrogens is 352 g/mol. The van der Waals surface area contributed by atoms with Gasteiger partial charge in [-0.25, -0.2) is 0 Å². The molecule has 5 heteroatoms. The molecule has 0 saturated heterocycles. The molecule has 0 spiro atoms. The van der Waals surface area contributed by atoms with Gasteiger partial charge < -0.3 is 15.4 Å². The van der Waals surface area contributed by atoms with Crippen molar-refractivity contribution in [2.45, 2.75) is 47.5 Å². The quantitative estimate of drug-likeness (QED) is 0.653. The highest BCUT2D eigenvalue weighted by molar-refractivity contribution is 6.14. The first kappa shape index (κ1) is 21.5. The van der Waals surface area contributed by atoms with Crippen LogP contribution in [-0.2, 0) is 9.59 Å². The summed E-state index contributed by atoms with van der Waals surface area (Å²) in [7, 11) is 0. The molecule has 5 nitrogen and oxygen atoms in total. The van der Waals surface area contributed by atoms with Crippen LogP contribution in [0.15, 0.2) is 42.5 Å². The first-order valence-electron chi connectivity index (χ1n) is 9.62. The highest BCUT2D eigenvalue weighted by Crippen LogP contribution is 2.31. The van der Waals surface area contributed by atoms with Gasteiger partial charge in [0.15, 0.2) is 0 Å². The summed E-state index contributed by atoms with van der Waals surface area (Å²) in [5, 5.41) is 5.81. The largest absolute Gasteiger partial charge is 0.492 e. The van der Waals surface area contributed by atoms with Crippen LogP contribution >= 0.6 is 0 Å². The molecule has 2 aromatic carbocycles. The van der Waals surface area contributed by atoms with Crippen LogP contribution in [0.3, 0.4) is 0 Å². The number of ether oxygens (including phenoxy) is 1. The van der Waals surface area contributed by atoms with E-state index in [1.54, 1.807) is 26.0 Å². The van der Waals surface area contributed by atoms with E-state index in [1.165, 1.54) is 0 Å². The van der Waals surface area contributed by atoms with Crippen LogP contribution in [0, 0.1) is 12.3 Å². The van der Waals surface area contributed by atoms with Crippen LogP contribution in [0.1, 0.15) is 51.7 Å². The number of carbonyl (C=O) groups excluding carboxylic acids is 2. The summed E-state index contributed by atoms with van der Waals surface area (Å²) in [6.07, 6.45) is 0. The lowest BCUT2D eigenvalue weighted by molar-refractivity contribution is -0.135. The van der Waals surface area contributed by atoms with Crippen molar-refractivity contribution >= 4 is 23.2 Å². The minimum Gasteiger partial charge on any atom is -0.492 e. The van der Waals surface area contributed by atoms with Crippen molar-refractivity contribution in [3.8, 4) is 5.75 Å². The fraction of sp³-hybridized carbons (Fsp3) is 0.391. The number of anilines is 2. The Morgan fingerprint density at radius 3 is 2.29 bits per heavy atom. The standard InChI is InChI=1S/C23H30N2O3/c1-7-28-19-14-9-8-13-18(19)24-21(26)23(5,6)22(27)25-20-16(4)11-10-12-17(20)15(2)3/h8-15H,7H2,1-6H3,(H,24,26)(H,25,27). The van der Waals surface area contributed by atoms with Gasteiger partial charge in [0.2, 0.25) is 11.8 Å². The Morgan fingerprint density at radius 1 is 1.00 bits per heavy atom. The molecule has 0 aliphatic heterocycles. The molecule has 2 rings (SSSR count). The third-order valence-corrected chi connectivity index (χ3v) is 4.74. The Hall–Kier alpha value is -2.82. The molecule has 0 aliphatic carbocycles. The maximum Gasteiger partial charge on any atom is 0.239 e. The monoisotopic (exact) mass is 382 g/mol. The van der Waals surface area contributed by atoms with Crippen LogP contribution in [0.5, 0.6) is 5.75 Å². The zero-order valence-corrected chi connectivity index (χ0v) is 17.6. The van der Waals surface area contributed by atoms with E-state index in [-0.39, 0.29) is 11.8 Å². The van der Waals surface area contributed by atoms with Gasteiger partial charge in [-0.3, -0.25) is 9.59 Å². The van der Waals surface area contributed by atoms with Gasteiger partial charge in [-0.1, -0.05) is 44.2 Å². The van der Waals surface area contributed by atoms with E-state index in [0.717, 1.165) is 16.8 Å². The number of amides is 2. The van der Waals surface area contributed by atoms with E-state index in [2.05, 4.69) is 24.5 Å². The van der Waals surface area contributed by atoms with Gasteiger partial charge in [-0.15, -0.1) is 0 Å². The average molecular weight is 383 g/mol. The summed E-state index contributed by atoms with van der Waals surface area (Å²) in [5.41, 5.74) is 2.08. The molecule has 0 radical (unpaired) electrons.